The van der Waals surface area contributed by atoms with Gasteiger partial charge in [0, 0.05) is 4.88 Å². The quantitative estimate of drug-likeness (QED) is 0.730. The van der Waals surface area contributed by atoms with Gasteiger partial charge in [0.1, 0.15) is 10.6 Å². The number of nitrogens with zero attached hydrogens (tertiary/aromatic N) is 2. The summed E-state index contributed by atoms with van der Waals surface area (Å²) < 4.78 is 40.1. The van der Waals surface area contributed by atoms with E-state index in [9.17, 15) is 13.2 Å². The third kappa shape index (κ3) is 2.23. The second-order valence-electron chi connectivity index (χ2n) is 4.44. The maximum absolute atomic E-state index is 13.8. The number of benzene rings is 1. The molecule has 3 rings (SSSR count). The van der Waals surface area contributed by atoms with Crippen LogP contribution in [0, 0.1) is 17.5 Å². The van der Waals surface area contributed by atoms with Crippen molar-refractivity contribution in [3.63, 3.8) is 0 Å². The molecule has 0 unspecified atom stereocenters. The summed E-state index contributed by atoms with van der Waals surface area (Å²) in [6, 6.07) is 3.81. The molecular formula is C14H10F3N3S. The second-order valence-corrected chi connectivity index (χ2v) is 5.56. The molecule has 2 heterocycles. The van der Waals surface area contributed by atoms with Crippen LogP contribution in [0.15, 0.2) is 18.2 Å². The first-order valence-electron chi connectivity index (χ1n) is 6.21. The summed E-state index contributed by atoms with van der Waals surface area (Å²) in [7, 11) is 0. The van der Waals surface area contributed by atoms with Crippen molar-refractivity contribution in [1.29, 1.82) is 0 Å². The Kier molecular flexibility index (Phi) is 3.29. The van der Waals surface area contributed by atoms with Crippen LogP contribution in [0.25, 0.3) is 21.6 Å². The van der Waals surface area contributed by atoms with Crippen LogP contribution in [0.1, 0.15) is 11.8 Å². The van der Waals surface area contributed by atoms with E-state index in [1.165, 1.54) is 11.3 Å². The first kappa shape index (κ1) is 13.8. The maximum Gasteiger partial charge on any atom is 0.195 e. The van der Waals surface area contributed by atoms with Gasteiger partial charge >= 0.3 is 0 Å². The standard InChI is InChI=1S/C14H10F3N3S/c1-2-6-5-8-12(18)19-13(20-14(8)21-6)7-3-4-9(15)11(17)10(7)16/h3-5H,2H2,1H3,(H2,18,19,20). The smallest absolute Gasteiger partial charge is 0.195 e. The number of rotatable bonds is 2. The van der Waals surface area contributed by atoms with E-state index in [0.717, 1.165) is 23.4 Å². The van der Waals surface area contributed by atoms with Gasteiger partial charge in [0.15, 0.2) is 23.3 Å². The molecule has 2 N–H and O–H groups in total. The molecule has 0 radical (unpaired) electrons. The second kappa shape index (κ2) is 5.00. The average molecular weight is 309 g/mol. The van der Waals surface area contributed by atoms with Crippen molar-refractivity contribution >= 4 is 27.4 Å². The third-order valence-corrected chi connectivity index (χ3v) is 4.27. The molecule has 0 amide bonds. The van der Waals surface area contributed by atoms with Crippen molar-refractivity contribution < 1.29 is 13.2 Å². The molecule has 108 valence electrons. The number of halogens is 3. The Balaban J connectivity index is 2.23. The molecule has 2 aromatic heterocycles. The van der Waals surface area contributed by atoms with Crippen LogP contribution in [0.4, 0.5) is 19.0 Å². The van der Waals surface area contributed by atoms with Crippen molar-refractivity contribution in [3.8, 4) is 11.4 Å². The van der Waals surface area contributed by atoms with E-state index in [-0.39, 0.29) is 17.2 Å². The lowest BCUT2D eigenvalue weighted by atomic mass is 10.2. The summed E-state index contributed by atoms with van der Waals surface area (Å²) in [4.78, 5) is 9.86. The van der Waals surface area contributed by atoms with Gasteiger partial charge in [0.2, 0.25) is 0 Å². The Labute approximate surface area is 122 Å². The van der Waals surface area contributed by atoms with E-state index in [1.807, 2.05) is 13.0 Å². The molecular weight excluding hydrogens is 299 g/mol. The normalized spacial score (nSPS) is 11.2. The van der Waals surface area contributed by atoms with Crippen LogP contribution in [0.2, 0.25) is 0 Å². The van der Waals surface area contributed by atoms with Gasteiger partial charge in [0.05, 0.1) is 10.9 Å². The van der Waals surface area contributed by atoms with Crippen LogP contribution >= 0.6 is 11.3 Å². The Morgan fingerprint density at radius 2 is 1.90 bits per heavy atom. The van der Waals surface area contributed by atoms with Crippen molar-refractivity contribution in [2.24, 2.45) is 0 Å². The van der Waals surface area contributed by atoms with Gasteiger partial charge in [-0.25, -0.2) is 23.1 Å². The van der Waals surface area contributed by atoms with Gasteiger partial charge in [-0.2, -0.15) is 0 Å². The number of anilines is 1. The molecule has 1 aromatic carbocycles. The van der Waals surface area contributed by atoms with E-state index in [4.69, 9.17) is 5.73 Å². The number of thiophene rings is 1. The monoisotopic (exact) mass is 309 g/mol. The highest BCUT2D eigenvalue weighted by Crippen LogP contribution is 2.31. The van der Waals surface area contributed by atoms with Gasteiger partial charge in [-0.15, -0.1) is 11.3 Å². The lowest BCUT2D eigenvalue weighted by Crippen LogP contribution is -2.00. The molecule has 0 atom stereocenters. The van der Waals surface area contributed by atoms with Crippen LogP contribution < -0.4 is 5.73 Å². The summed E-state index contributed by atoms with van der Waals surface area (Å²) in [5, 5.41) is 0.684. The molecule has 0 aliphatic carbocycles. The van der Waals surface area contributed by atoms with E-state index < -0.39 is 17.5 Å². The first-order valence-corrected chi connectivity index (χ1v) is 7.02. The number of nitrogens with two attached hydrogens (primary N) is 1. The summed E-state index contributed by atoms with van der Waals surface area (Å²) in [5.41, 5.74) is 5.63. The zero-order chi connectivity index (χ0) is 15.1. The Morgan fingerprint density at radius 1 is 1.14 bits per heavy atom. The van der Waals surface area contributed by atoms with E-state index in [2.05, 4.69) is 9.97 Å². The molecule has 3 aromatic rings. The van der Waals surface area contributed by atoms with Gasteiger partial charge < -0.3 is 5.73 Å². The summed E-state index contributed by atoms with van der Waals surface area (Å²) in [6.45, 7) is 1.99. The lowest BCUT2D eigenvalue weighted by Gasteiger charge is -2.05. The molecule has 0 aliphatic heterocycles. The fraction of sp³-hybridized carbons (Fsp3) is 0.143. The summed E-state index contributed by atoms with van der Waals surface area (Å²) in [6.07, 6.45) is 0.815. The highest BCUT2D eigenvalue weighted by molar-refractivity contribution is 7.18. The molecule has 7 heteroatoms. The Morgan fingerprint density at radius 3 is 2.62 bits per heavy atom. The number of fused-ring (bicyclic) bond motifs is 1. The molecule has 0 aliphatic rings. The largest absolute Gasteiger partial charge is 0.383 e. The summed E-state index contributed by atoms with van der Waals surface area (Å²) in [5.74, 6) is -3.98. The van der Waals surface area contributed by atoms with Gasteiger partial charge in [-0.3, -0.25) is 0 Å². The van der Waals surface area contributed by atoms with Crippen molar-refractivity contribution in [2.45, 2.75) is 13.3 Å². The highest BCUT2D eigenvalue weighted by atomic mass is 32.1. The average Bonchev–Trinajstić information content (AvgIpc) is 2.88. The molecule has 3 nitrogen and oxygen atoms in total. The number of aryl methyl sites for hydroxylation is 1. The summed E-state index contributed by atoms with van der Waals surface area (Å²) >= 11 is 1.41. The predicted octanol–water partition coefficient (Wildman–Crippen LogP) is 3.92. The Hall–Kier alpha value is -2.15. The first-order chi connectivity index (χ1) is 10.0. The fourth-order valence-electron chi connectivity index (χ4n) is 1.99. The minimum Gasteiger partial charge on any atom is -0.383 e. The lowest BCUT2D eigenvalue weighted by molar-refractivity contribution is 0.448. The van der Waals surface area contributed by atoms with Gasteiger partial charge in [-0.05, 0) is 24.6 Å². The zero-order valence-electron chi connectivity index (χ0n) is 11.0. The van der Waals surface area contributed by atoms with E-state index in [1.54, 1.807) is 0 Å². The number of hydrogen-bond acceptors (Lipinski definition) is 4. The number of hydrogen-bond donors (Lipinski definition) is 1. The van der Waals surface area contributed by atoms with Crippen molar-refractivity contribution in [2.75, 3.05) is 5.73 Å². The Bertz CT molecular complexity index is 845. The zero-order valence-corrected chi connectivity index (χ0v) is 11.8. The topological polar surface area (TPSA) is 51.8 Å². The SMILES string of the molecule is CCc1cc2c(N)nc(-c3ccc(F)c(F)c3F)nc2s1. The van der Waals surface area contributed by atoms with Crippen LogP contribution in [0.5, 0.6) is 0 Å². The van der Waals surface area contributed by atoms with Gasteiger partial charge in [-0.1, -0.05) is 6.92 Å². The molecule has 21 heavy (non-hydrogen) atoms. The van der Waals surface area contributed by atoms with Crippen molar-refractivity contribution in [3.05, 3.63) is 40.5 Å². The maximum atomic E-state index is 13.8. The van der Waals surface area contributed by atoms with E-state index in [0.29, 0.717) is 10.2 Å². The number of nitrogen functional groups attached to an aromatic ring is 1. The molecule has 0 bridgehead atoms. The van der Waals surface area contributed by atoms with Crippen LogP contribution in [-0.4, -0.2) is 9.97 Å². The van der Waals surface area contributed by atoms with Crippen LogP contribution in [0.3, 0.4) is 0 Å². The molecule has 0 saturated carbocycles. The molecule has 0 fully saturated rings. The fourth-order valence-corrected chi connectivity index (χ4v) is 2.96. The third-order valence-electron chi connectivity index (χ3n) is 3.10. The minimum atomic E-state index is -1.55. The molecule has 0 spiro atoms. The highest BCUT2D eigenvalue weighted by Gasteiger charge is 2.18. The predicted molar refractivity (Wildman–Crippen MR) is 76.5 cm³/mol. The van der Waals surface area contributed by atoms with Crippen LogP contribution in [-0.2, 0) is 6.42 Å². The van der Waals surface area contributed by atoms with Gasteiger partial charge in [0.25, 0.3) is 0 Å². The number of aromatic nitrogens is 2. The minimum absolute atomic E-state index is 0.0547. The van der Waals surface area contributed by atoms with Crippen molar-refractivity contribution in [1.82, 2.24) is 9.97 Å². The molecule has 0 saturated heterocycles. The van der Waals surface area contributed by atoms with E-state index >= 15 is 0 Å².